The Morgan fingerprint density at radius 3 is 1.94 bits per heavy atom. The average molecular weight is 693 g/mol. The summed E-state index contributed by atoms with van der Waals surface area (Å²) in [7, 11) is 0. The number of rotatable bonds is 19. The molecule has 2 aliphatic heterocycles. The lowest BCUT2D eigenvalue weighted by molar-refractivity contribution is -0.384. The highest BCUT2D eigenvalue weighted by atomic mass is 16.8. The molecule has 15 heteroatoms. The van der Waals surface area contributed by atoms with Crippen LogP contribution in [0, 0.1) is 17.8 Å². The van der Waals surface area contributed by atoms with Crippen LogP contribution in [-0.4, -0.2) is 119 Å². The van der Waals surface area contributed by atoms with Crippen LogP contribution in [0.15, 0.2) is 0 Å². The van der Waals surface area contributed by atoms with Crippen molar-refractivity contribution in [2.75, 3.05) is 19.8 Å². The summed E-state index contributed by atoms with van der Waals surface area (Å²) >= 11 is 0. The van der Waals surface area contributed by atoms with Gasteiger partial charge in [-0.1, -0.05) is 67.2 Å². The largest absolute Gasteiger partial charge is 0.455 e. The van der Waals surface area contributed by atoms with Crippen molar-refractivity contribution in [2.45, 2.75) is 148 Å². The van der Waals surface area contributed by atoms with E-state index in [9.17, 15) is 39.6 Å². The summed E-state index contributed by atoms with van der Waals surface area (Å²) in [4.78, 5) is 50.9. The van der Waals surface area contributed by atoms with Gasteiger partial charge in [-0.3, -0.25) is 19.2 Å². The van der Waals surface area contributed by atoms with Crippen LogP contribution in [0.25, 0.3) is 0 Å². The Balaban J connectivity index is 2.43. The van der Waals surface area contributed by atoms with Gasteiger partial charge in [0, 0.05) is 19.8 Å². The van der Waals surface area contributed by atoms with Crippen molar-refractivity contribution < 1.29 is 72.8 Å². The van der Waals surface area contributed by atoms with Gasteiger partial charge in [-0.25, -0.2) is 0 Å². The molecular formula is C33H56O15. The lowest BCUT2D eigenvalue weighted by atomic mass is 9.97. The zero-order valence-electron chi connectivity index (χ0n) is 29.2. The number of esters is 4. The Kier molecular flexibility index (Phi) is 17.1. The number of ether oxygens (including phenoxy) is 7. The summed E-state index contributed by atoms with van der Waals surface area (Å²) in [5.74, 6) is -5.65. The molecule has 0 unspecified atom stereocenters. The molecule has 0 aromatic carbocycles. The van der Waals surface area contributed by atoms with Gasteiger partial charge in [0.2, 0.25) is 12.1 Å². The van der Waals surface area contributed by atoms with Gasteiger partial charge in [-0.2, -0.15) is 0 Å². The number of carbonyl (C=O) groups excluding carboxylic acids is 4. The molecule has 0 radical (unpaired) electrons. The quantitative estimate of drug-likeness (QED) is 0.0858. The predicted octanol–water partition coefficient (Wildman–Crippen LogP) is 1.53. The number of aliphatic hydroxyl groups is 4. The first-order chi connectivity index (χ1) is 22.6. The molecule has 0 amide bonds. The van der Waals surface area contributed by atoms with Gasteiger partial charge in [0.1, 0.15) is 24.9 Å². The highest BCUT2D eigenvalue weighted by Gasteiger charge is 2.62. The lowest BCUT2D eigenvalue weighted by Gasteiger charge is -2.46. The summed E-state index contributed by atoms with van der Waals surface area (Å²) in [5, 5.41) is 41.8. The number of hydrogen-bond acceptors (Lipinski definition) is 15. The second kappa shape index (κ2) is 19.7. The fourth-order valence-electron chi connectivity index (χ4n) is 5.50. The molecule has 2 saturated heterocycles. The van der Waals surface area contributed by atoms with Crippen LogP contribution < -0.4 is 0 Å². The predicted molar refractivity (Wildman–Crippen MR) is 167 cm³/mol. The Bertz CT molecular complexity index is 1030. The van der Waals surface area contributed by atoms with Gasteiger partial charge < -0.3 is 53.6 Å². The van der Waals surface area contributed by atoms with Crippen LogP contribution >= 0.6 is 0 Å². The standard InChI is InChI=1S/C33H56O15/c1-18(2)12-10-8-9-11-13-24(38)45-30-26(40)22(15-34)47-33(30,17-36)48-32-29(42-21(7)37)28(46-31(41)20(5)6)27(23(16-35)43-32)44-25(39)14-19(3)4/h18-20,22-23,26-30,32,34-36,40H,8-17H2,1-7H3/t22-,23-,26-,27-,28+,29-,30+,32-,33+/m1/s1. The average Bonchev–Trinajstić information content (AvgIpc) is 3.26. The third kappa shape index (κ3) is 11.9. The van der Waals surface area contributed by atoms with E-state index in [0.717, 1.165) is 32.6 Å². The maximum Gasteiger partial charge on any atom is 0.308 e. The molecule has 0 aromatic heterocycles. The van der Waals surface area contributed by atoms with Crippen molar-refractivity contribution in [1.82, 2.24) is 0 Å². The minimum atomic E-state index is -2.38. The molecule has 2 aliphatic rings. The summed E-state index contributed by atoms with van der Waals surface area (Å²) in [6, 6.07) is 0. The lowest BCUT2D eigenvalue weighted by Crippen LogP contribution is -2.65. The van der Waals surface area contributed by atoms with E-state index < -0.39 is 104 Å². The van der Waals surface area contributed by atoms with Gasteiger partial charge in [0.25, 0.3) is 0 Å². The van der Waals surface area contributed by atoms with Gasteiger partial charge >= 0.3 is 23.9 Å². The third-order valence-corrected chi connectivity index (χ3v) is 8.00. The molecule has 2 fully saturated rings. The van der Waals surface area contributed by atoms with Crippen molar-refractivity contribution in [3.05, 3.63) is 0 Å². The SMILES string of the molecule is CC(=O)O[C@H]1[C@@H](O[C@]2(CO)O[C@H](CO)[C@@H](O)[C@@H]2OC(=O)CCCCCCC(C)C)O[C@H](CO)[C@@H](OC(=O)CC(C)C)[C@@H]1OC(=O)C(C)C. The van der Waals surface area contributed by atoms with Crippen LogP contribution in [0.4, 0.5) is 0 Å². The molecule has 2 rings (SSSR count). The number of aliphatic hydroxyl groups excluding tert-OH is 4. The van der Waals surface area contributed by atoms with E-state index in [4.69, 9.17) is 33.2 Å². The molecule has 9 atom stereocenters. The second-order valence-corrected chi connectivity index (χ2v) is 13.6. The van der Waals surface area contributed by atoms with E-state index >= 15 is 0 Å². The molecular weight excluding hydrogens is 636 g/mol. The first-order valence-corrected chi connectivity index (χ1v) is 16.9. The maximum absolute atomic E-state index is 12.9. The topological polar surface area (TPSA) is 214 Å². The molecule has 48 heavy (non-hydrogen) atoms. The molecule has 0 aliphatic carbocycles. The number of unbranched alkanes of at least 4 members (excludes halogenated alkanes) is 3. The van der Waals surface area contributed by atoms with E-state index in [1.54, 1.807) is 27.7 Å². The minimum Gasteiger partial charge on any atom is -0.455 e. The molecule has 15 nitrogen and oxygen atoms in total. The van der Waals surface area contributed by atoms with Gasteiger partial charge in [0.05, 0.1) is 19.1 Å². The van der Waals surface area contributed by atoms with E-state index in [-0.39, 0.29) is 18.8 Å². The minimum absolute atomic E-state index is 0.00452. The van der Waals surface area contributed by atoms with E-state index in [1.165, 1.54) is 0 Å². The summed E-state index contributed by atoms with van der Waals surface area (Å²) < 4.78 is 40.1. The van der Waals surface area contributed by atoms with E-state index in [0.29, 0.717) is 12.3 Å². The van der Waals surface area contributed by atoms with Crippen LogP contribution in [0.2, 0.25) is 0 Å². The van der Waals surface area contributed by atoms with Crippen molar-refractivity contribution in [2.24, 2.45) is 17.8 Å². The van der Waals surface area contributed by atoms with Crippen molar-refractivity contribution in [3.8, 4) is 0 Å². The Hall–Kier alpha value is -2.40. The van der Waals surface area contributed by atoms with Gasteiger partial charge in [-0.05, 0) is 18.3 Å². The molecule has 0 bridgehead atoms. The maximum atomic E-state index is 12.9. The fourth-order valence-corrected chi connectivity index (χ4v) is 5.50. The van der Waals surface area contributed by atoms with Crippen molar-refractivity contribution >= 4 is 23.9 Å². The molecule has 278 valence electrons. The zero-order chi connectivity index (χ0) is 36.2. The molecule has 4 N–H and O–H groups in total. The number of carbonyl (C=O) groups is 4. The molecule has 2 heterocycles. The Labute approximate surface area is 282 Å². The summed E-state index contributed by atoms with van der Waals surface area (Å²) in [6.45, 7) is 9.41. The summed E-state index contributed by atoms with van der Waals surface area (Å²) in [5.41, 5.74) is 0. The second-order valence-electron chi connectivity index (χ2n) is 13.6. The first kappa shape index (κ1) is 41.8. The normalized spacial score (nSPS) is 30.5. The zero-order valence-corrected chi connectivity index (χ0v) is 29.2. The third-order valence-electron chi connectivity index (χ3n) is 8.00. The van der Waals surface area contributed by atoms with Crippen LogP contribution in [0.3, 0.4) is 0 Å². The van der Waals surface area contributed by atoms with E-state index in [2.05, 4.69) is 13.8 Å². The van der Waals surface area contributed by atoms with Crippen LogP contribution in [-0.2, 0) is 52.3 Å². The first-order valence-electron chi connectivity index (χ1n) is 16.9. The molecule has 0 aromatic rings. The van der Waals surface area contributed by atoms with Crippen LogP contribution in [0.5, 0.6) is 0 Å². The smallest absolute Gasteiger partial charge is 0.308 e. The van der Waals surface area contributed by atoms with E-state index in [1.807, 2.05) is 0 Å². The summed E-state index contributed by atoms with van der Waals surface area (Å²) in [6.07, 6.45) is -8.41. The highest BCUT2D eigenvalue weighted by molar-refractivity contribution is 5.72. The molecule has 0 spiro atoms. The Morgan fingerprint density at radius 1 is 0.750 bits per heavy atom. The molecule has 0 saturated carbocycles. The monoisotopic (exact) mass is 692 g/mol. The number of hydrogen-bond donors (Lipinski definition) is 4. The van der Waals surface area contributed by atoms with Gasteiger partial charge in [0.15, 0.2) is 24.4 Å². The fraction of sp³-hybridized carbons (Fsp3) is 0.879. The highest BCUT2D eigenvalue weighted by Crippen LogP contribution is 2.39. The van der Waals surface area contributed by atoms with Crippen LogP contribution in [0.1, 0.15) is 93.4 Å². The Morgan fingerprint density at radius 2 is 1.40 bits per heavy atom. The van der Waals surface area contributed by atoms with Crippen molar-refractivity contribution in [1.29, 1.82) is 0 Å². The van der Waals surface area contributed by atoms with Crippen molar-refractivity contribution in [3.63, 3.8) is 0 Å². The van der Waals surface area contributed by atoms with Gasteiger partial charge in [-0.15, -0.1) is 0 Å².